The number of morpholine rings is 1. The number of aryl methyl sites for hydroxylation is 1. The Morgan fingerprint density at radius 1 is 1.00 bits per heavy atom. The molecule has 4 heterocycles. The number of aromatic nitrogens is 3. The van der Waals surface area contributed by atoms with Gasteiger partial charge in [-0.25, -0.2) is 15.0 Å². The van der Waals surface area contributed by atoms with Crippen LogP contribution in [-0.4, -0.2) is 41.3 Å². The summed E-state index contributed by atoms with van der Waals surface area (Å²) in [6.07, 6.45) is 1.73. The van der Waals surface area contributed by atoms with Crippen LogP contribution in [0, 0.1) is 6.92 Å². The van der Waals surface area contributed by atoms with Crippen LogP contribution in [0.3, 0.4) is 0 Å². The molecule has 3 aromatic heterocycles. The van der Waals surface area contributed by atoms with Gasteiger partial charge < -0.3 is 15.4 Å². The number of nitrogen functional groups attached to an aromatic ring is 1. The van der Waals surface area contributed by atoms with Crippen molar-refractivity contribution in [1.29, 1.82) is 0 Å². The van der Waals surface area contributed by atoms with Crippen LogP contribution in [0.2, 0.25) is 0 Å². The van der Waals surface area contributed by atoms with Crippen LogP contribution in [-0.2, 0) is 4.74 Å². The normalized spacial score (nSPS) is 14.4. The molecule has 0 amide bonds. The molecule has 1 fully saturated rings. The highest BCUT2D eigenvalue weighted by molar-refractivity contribution is 7.22. The van der Waals surface area contributed by atoms with Gasteiger partial charge in [-0.3, -0.25) is 0 Å². The summed E-state index contributed by atoms with van der Waals surface area (Å²) >= 11 is 1.74. The fraction of sp³-hybridized carbons (Fsp3) is 0.227. The summed E-state index contributed by atoms with van der Waals surface area (Å²) in [7, 11) is 0. The number of hydrogen-bond donors (Lipinski definition) is 1. The molecule has 1 saturated heterocycles. The third kappa shape index (κ3) is 3.54. The van der Waals surface area contributed by atoms with E-state index < -0.39 is 0 Å². The number of ether oxygens (including phenoxy) is 1. The third-order valence-electron chi connectivity index (χ3n) is 5.04. The van der Waals surface area contributed by atoms with Crippen molar-refractivity contribution in [2.24, 2.45) is 0 Å². The second-order valence-electron chi connectivity index (χ2n) is 7.13. The minimum absolute atomic E-state index is 0.487. The highest BCUT2D eigenvalue weighted by Crippen LogP contribution is 2.38. The number of pyridine rings is 1. The molecule has 6 nitrogen and oxygen atoms in total. The van der Waals surface area contributed by atoms with E-state index in [9.17, 15) is 0 Å². The highest BCUT2D eigenvalue weighted by atomic mass is 32.1. The maximum Gasteiger partial charge on any atom is 0.163 e. The first-order chi connectivity index (χ1) is 14.2. The van der Waals surface area contributed by atoms with Crippen molar-refractivity contribution in [2.75, 3.05) is 36.9 Å². The van der Waals surface area contributed by atoms with Gasteiger partial charge in [0.05, 0.1) is 23.4 Å². The first-order valence-corrected chi connectivity index (χ1v) is 10.4. The Hall–Kier alpha value is -3.03. The molecule has 0 saturated carbocycles. The lowest BCUT2D eigenvalue weighted by Crippen LogP contribution is -2.36. The van der Waals surface area contributed by atoms with Crippen LogP contribution in [0.1, 0.15) is 5.56 Å². The van der Waals surface area contributed by atoms with E-state index in [1.54, 1.807) is 23.6 Å². The molecule has 146 valence electrons. The molecule has 0 atom stereocenters. The van der Waals surface area contributed by atoms with Crippen molar-refractivity contribution in [3.63, 3.8) is 0 Å². The topological polar surface area (TPSA) is 77.2 Å². The first kappa shape index (κ1) is 18.0. The Kier molecular flexibility index (Phi) is 4.61. The maximum atomic E-state index is 5.75. The fourth-order valence-corrected chi connectivity index (χ4v) is 4.55. The van der Waals surface area contributed by atoms with Crippen LogP contribution in [0.25, 0.3) is 32.0 Å². The van der Waals surface area contributed by atoms with E-state index in [1.165, 1.54) is 16.0 Å². The Labute approximate surface area is 173 Å². The zero-order chi connectivity index (χ0) is 19.8. The second-order valence-corrected chi connectivity index (χ2v) is 8.19. The van der Waals surface area contributed by atoms with Gasteiger partial charge >= 0.3 is 0 Å². The van der Waals surface area contributed by atoms with Crippen molar-refractivity contribution in [3.05, 3.63) is 54.2 Å². The van der Waals surface area contributed by atoms with Gasteiger partial charge in [-0.2, -0.15) is 0 Å². The van der Waals surface area contributed by atoms with Gasteiger partial charge in [0, 0.05) is 29.7 Å². The van der Waals surface area contributed by atoms with Crippen LogP contribution in [0.15, 0.2) is 48.7 Å². The van der Waals surface area contributed by atoms with Gasteiger partial charge in [-0.05, 0) is 30.7 Å². The third-order valence-corrected chi connectivity index (χ3v) is 6.21. The predicted octanol–water partition coefficient (Wildman–Crippen LogP) is 4.15. The van der Waals surface area contributed by atoms with E-state index in [0.717, 1.165) is 34.7 Å². The van der Waals surface area contributed by atoms with Gasteiger partial charge in [0.1, 0.15) is 5.82 Å². The minimum Gasteiger partial charge on any atom is -0.384 e. The Balaban J connectivity index is 1.67. The van der Waals surface area contributed by atoms with E-state index in [4.69, 9.17) is 20.4 Å². The summed E-state index contributed by atoms with van der Waals surface area (Å²) in [6.45, 7) is 5.16. The van der Waals surface area contributed by atoms with Crippen LogP contribution in [0.5, 0.6) is 0 Å². The molecule has 0 spiro atoms. The summed E-state index contributed by atoms with van der Waals surface area (Å²) in [5.74, 6) is 2.12. The smallest absolute Gasteiger partial charge is 0.163 e. The Bertz CT molecular complexity index is 1150. The lowest BCUT2D eigenvalue weighted by Gasteiger charge is -2.28. The SMILES string of the molecule is Cc1ccc(-c2cc3nc(-c4ccc(N)nc4)nc(N4CCOCC4)c3s2)cc1. The zero-order valence-electron chi connectivity index (χ0n) is 16.1. The van der Waals surface area contributed by atoms with Gasteiger partial charge in [0.15, 0.2) is 11.6 Å². The lowest BCUT2D eigenvalue weighted by atomic mass is 10.1. The van der Waals surface area contributed by atoms with Crippen LogP contribution >= 0.6 is 11.3 Å². The molecule has 1 aliphatic heterocycles. The van der Waals surface area contributed by atoms with Gasteiger partial charge in [-0.15, -0.1) is 11.3 Å². The summed E-state index contributed by atoms with van der Waals surface area (Å²) in [5.41, 5.74) is 10.0. The highest BCUT2D eigenvalue weighted by Gasteiger charge is 2.20. The quantitative estimate of drug-likeness (QED) is 0.554. The molecule has 0 aliphatic carbocycles. The van der Waals surface area contributed by atoms with Crippen molar-refractivity contribution in [2.45, 2.75) is 6.92 Å². The van der Waals surface area contributed by atoms with E-state index in [1.807, 2.05) is 6.07 Å². The summed E-state index contributed by atoms with van der Waals surface area (Å²) in [6, 6.07) is 14.5. The molecule has 29 heavy (non-hydrogen) atoms. The predicted molar refractivity (Wildman–Crippen MR) is 118 cm³/mol. The van der Waals surface area contributed by atoms with Crippen molar-refractivity contribution < 1.29 is 4.74 Å². The minimum atomic E-state index is 0.487. The monoisotopic (exact) mass is 403 g/mol. The number of nitrogens with zero attached hydrogens (tertiary/aromatic N) is 4. The molecule has 2 N–H and O–H groups in total. The number of fused-ring (bicyclic) bond motifs is 1. The van der Waals surface area contributed by atoms with E-state index >= 15 is 0 Å². The molecule has 5 rings (SSSR count). The molecule has 4 aromatic rings. The molecule has 7 heteroatoms. The van der Waals surface area contributed by atoms with Crippen molar-refractivity contribution in [1.82, 2.24) is 15.0 Å². The van der Waals surface area contributed by atoms with E-state index in [-0.39, 0.29) is 0 Å². The molecular formula is C22H21N5OS. The van der Waals surface area contributed by atoms with Crippen LogP contribution in [0.4, 0.5) is 11.6 Å². The molecule has 0 bridgehead atoms. The standard InChI is InChI=1S/C22H21N5OS/c1-14-2-4-15(5-3-14)18-12-17-20(29-18)22(27-8-10-28-11-9-27)26-21(25-17)16-6-7-19(23)24-13-16/h2-7,12-13H,8-11H2,1H3,(H2,23,24). The van der Waals surface area contributed by atoms with Crippen molar-refractivity contribution >= 4 is 33.2 Å². The average molecular weight is 404 g/mol. The average Bonchev–Trinajstić information content (AvgIpc) is 3.19. The Morgan fingerprint density at radius 2 is 1.76 bits per heavy atom. The molecule has 0 unspecified atom stereocenters. The van der Waals surface area contributed by atoms with E-state index in [2.05, 4.69) is 47.1 Å². The summed E-state index contributed by atoms with van der Waals surface area (Å²) in [5, 5.41) is 0. The number of hydrogen-bond acceptors (Lipinski definition) is 7. The fourth-order valence-electron chi connectivity index (χ4n) is 3.43. The van der Waals surface area contributed by atoms with Crippen molar-refractivity contribution in [3.8, 4) is 21.8 Å². The lowest BCUT2D eigenvalue weighted by molar-refractivity contribution is 0.122. The largest absolute Gasteiger partial charge is 0.384 e. The molecular weight excluding hydrogens is 382 g/mol. The maximum absolute atomic E-state index is 5.75. The summed E-state index contributed by atoms with van der Waals surface area (Å²) < 4.78 is 6.65. The number of benzene rings is 1. The van der Waals surface area contributed by atoms with Crippen LogP contribution < -0.4 is 10.6 Å². The Morgan fingerprint density at radius 3 is 2.48 bits per heavy atom. The van der Waals surface area contributed by atoms with E-state index in [0.29, 0.717) is 24.9 Å². The van der Waals surface area contributed by atoms with Gasteiger partial charge in [0.2, 0.25) is 0 Å². The van der Waals surface area contributed by atoms with Gasteiger partial charge in [-0.1, -0.05) is 29.8 Å². The molecule has 1 aromatic carbocycles. The number of rotatable bonds is 3. The molecule has 0 radical (unpaired) electrons. The zero-order valence-corrected chi connectivity index (χ0v) is 16.9. The summed E-state index contributed by atoms with van der Waals surface area (Å²) in [4.78, 5) is 17.5. The first-order valence-electron chi connectivity index (χ1n) is 9.60. The number of nitrogens with two attached hydrogens (primary N) is 1. The second kappa shape index (κ2) is 7.42. The number of anilines is 2. The molecule has 1 aliphatic rings. The number of thiophene rings is 1. The van der Waals surface area contributed by atoms with Gasteiger partial charge in [0.25, 0.3) is 0 Å².